The molecule has 5 nitrogen and oxygen atoms in total. The van der Waals surface area contributed by atoms with Gasteiger partial charge in [-0.3, -0.25) is 4.79 Å². The van der Waals surface area contributed by atoms with Crippen molar-refractivity contribution >= 4 is 11.7 Å². The second kappa shape index (κ2) is 7.34. The van der Waals surface area contributed by atoms with E-state index in [9.17, 15) is 4.79 Å². The number of ether oxygens (including phenoxy) is 1. The Labute approximate surface area is 142 Å². The van der Waals surface area contributed by atoms with E-state index in [2.05, 4.69) is 11.1 Å². The van der Waals surface area contributed by atoms with Crippen molar-refractivity contribution in [2.75, 3.05) is 32.1 Å². The van der Waals surface area contributed by atoms with Crippen LogP contribution in [0.4, 0.5) is 5.82 Å². The molecule has 0 aliphatic carbocycles. The Balaban J connectivity index is 1.68. The van der Waals surface area contributed by atoms with Crippen molar-refractivity contribution in [2.24, 2.45) is 0 Å². The highest BCUT2D eigenvalue weighted by atomic mass is 16.5. The zero-order valence-electron chi connectivity index (χ0n) is 14.2. The van der Waals surface area contributed by atoms with Crippen LogP contribution in [0.2, 0.25) is 0 Å². The predicted octanol–water partition coefficient (Wildman–Crippen LogP) is 2.89. The van der Waals surface area contributed by atoms with E-state index >= 15 is 0 Å². The van der Waals surface area contributed by atoms with E-state index in [1.54, 1.807) is 0 Å². The zero-order chi connectivity index (χ0) is 16.9. The van der Waals surface area contributed by atoms with Gasteiger partial charge in [0.2, 0.25) is 0 Å². The monoisotopic (exact) mass is 325 g/mol. The van der Waals surface area contributed by atoms with Crippen LogP contribution in [0.1, 0.15) is 24.4 Å². The molecular formula is C19H23N3O2. The molecule has 1 atom stereocenters. The van der Waals surface area contributed by atoms with E-state index < -0.39 is 0 Å². The van der Waals surface area contributed by atoms with Crippen molar-refractivity contribution in [1.29, 1.82) is 0 Å². The number of aromatic nitrogens is 1. The molecule has 24 heavy (non-hydrogen) atoms. The van der Waals surface area contributed by atoms with E-state index in [1.165, 1.54) is 0 Å². The third kappa shape index (κ3) is 3.67. The number of rotatable bonds is 5. The average molecular weight is 325 g/mol. The normalized spacial score (nSPS) is 16.9. The molecule has 1 unspecified atom stereocenters. The van der Waals surface area contributed by atoms with Gasteiger partial charge in [0.25, 0.3) is 5.91 Å². The average Bonchev–Trinajstić information content (AvgIpc) is 3.10. The number of hydrogen-bond acceptors (Lipinski definition) is 4. The van der Waals surface area contributed by atoms with E-state index in [-0.39, 0.29) is 18.6 Å². The Bertz CT molecular complexity index is 688. The number of carbonyl (C=O) groups excluding carboxylic acids is 1. The second-order valence-electron chi connectivity index (χ2n) is 6.19. The quantitative estimate of drug-likeness (QED) is 0.848. The fourth-order valence-electron chi connectivity index (χ4n) is 3.04. The summed E-state index contributed by atoms with van der Waals surface area (Å²) in [6.07, 6.45) is 3.81. The van der Waals surface area contributed by atoms with Crippen LogP contribution < -0.4 is 9.64 Å². The number of amides is 1. The Morgan fingerprint density at radius 1 is 1.29 bits per heavy atom. The van der Waals surface area contributed by atoms with Crippen LogP contribution in [0.25, 0.3) is 0 Å². The van der Waals surface area contributed by atoms with Crippen LogP contribution in [0.5, 0.6) is 5.75 Å². The van der Waals surface area contributed by atoms with Crippen molar-refractivity contribution in [2.45, 2.75) is 18.9 Å². The summed E-state index contributed by atoms with van der Waals surface area (Å²) in [7, 11) is 3.94. The molecule has 1 aliphatic heterocycles. The van der Waals surface area contributed by atoms with E-state index in [0.717, 1.165) is 36.5 Å². The number of pyridine rings is 1. The summed E-state index contributed by atoms with van der Waals surface area (Å²) in [5.74, 6) is 1.66. The van der Waals surface area contributed by atoms with Crippen molar-refractivity contribution in [3.63, 3.8) is 0 Å². The number of nitrogens with zero attached hydrogens (tertiary/aromatic N) is 3. The fraction of sp³-hybridized carbons (Fsp3) is 0.368. The molecule has 1 aliphatic rings. The molecule has 1 amide bonds. The Morgan fingerprint density at radius 2 is 2.08 bits per heavy atom. The summed E-state index contributed by atoms with van der Waals surface area (Å²) < 4.78 is 5.61. The maximum Gasteiger partial charge on any atom is 0.261 e. The van der Waals surface area contributed by atoms with Crippen LogP contribution in [0.3, 0.4) is 0 Å². The van der Waals surface area contributed by atoms with Crippen LogP contribution in [0, 0.1) is 0 Å². The lowest BCUT2D eigenvalue weighted by Gasteiger charge is -2.26. The highest BCUT2D eigenvalue weighted by molar-refractivity contribution is 5.78. The smallest absolute Gasteiger partial charge is 0.261 e. The second-order valence-corrected chi connectivity index (χ2v) is 6.19. The molecule has 2 aromatic rings. The van der Waals surface area contributed by atoms with Crippen molar-refractivity contribution in [1.82, 2.24) is 9.88 Å². The minimum absolute atomic E-state index is 0.0320. The Hall–Kier alpha value is -2.56. The van der Waals surface area contributed by atoms with Crippen molar-refractivity contribution < 1.29 is 9.53 Å². The number of benzene rings is 1. The van der Waals surface area contributed by atoms with Gasteiger partial charge in [-0.25, -0.2) is 4.98 Å². The third-order valence-corrected chi connectivity index (χ3v) is 4.29. The molecule has 3 rings (SSSR count). The minimum Gasteiger partial charge on any atom is -0.484 e. The first-order valence-electron chi connectivity index (χ1n) is 8.26. The largest absolute Gasteiger partial charge is 0.484 e. The molecule has 1 aromatic heterocycles. The maximum absolute atomic E-state index is 12.6. The third-order valence-electron chi connectivity index (χ3n) is 4.29. The van der Waals surface area contributed by atoms with Crippen molar-refractivity contribution in [3.8, 4) is 5.75 Å². The van der Waals surface area contributed by atoms with Gasteiger partial charge in [-0.05, 0) is 42.7 Å². The van der Waals surface area contributed by atoms with E-state index in [4.69, 9.17) is 4.74 Å². The lowest BCUT2D eigenvalue weighted by molar-refractivity contribution is -0.134. The molecule has 1 aromatic carbocycles. The predicted molar refractivity (Wildman–Crippen MR) is 94.2 cm³/mol. The highest BCUT2D eigenvalue weighted by Crippen LogP contribution is 2.32. The first-order chi connectivity index (χ1) is 11.6. The Morgan fingerprint density at radius 3 is 2.83 bits per heavy atom. The van der Waals surface area contributed by atoms with Gasteiger partial charge in [-0.15, -0.1) is 0 Å². The van der Waals surface area contributed by atoms with Gasteiger partial charge >= 0.3 is 0 Å². The SMILES string of the molecule is CN(C)c1cc(C2CCCN2C(=O)COc2ccccc2)ccn1. The van der Waals surface area contributed by atoms with Gasteiger partial charge in [0, 0.05) is 26.8 Å². The van der Waals surface area contributed by atoms with Gasteiger partial charge in [-0.1, -0.05) is 18.2 Å². The summed E-state index contributed by atoms with van der Waals surface area (Å²) in [5, 5.41) is 0. The van der Waals surface area contributed by atoms with Crippen molar-refractivity contribution in [3.05, 3.63) is 54.2 Å². The summed E-state index contributed by atoms with van der Waals surface area (Å²) in [6, 6.07) is 13.6. The first kappa shape index (κ1) is 16.3. The summed E-state index contributed by atoms with van der Waals surface area (Å²) in [5.41, 5.74) is 1.14. The van der Waals surface area contributed by atoms with Gasteiger partial charge < -0.3 is 14.5 Å². The summed E-state index contributed by atoms with van der Waals surface area (Å²) in [4.78, 5) is 20.9. The molecule has 0 N–H and O–H groups in total. The molecular weight excluding hydrogens is 302 g/mol. The van der Waals surface area contributed by atoms with Crippen LogP contribution in [-0.4, -0.2) is 43.0 Å². The molecule has 0 radical (unpaired) electrons. The van der Waals surface area contributed by atoms with Gasteiger partial charge in [0.1, 0.15) is 11.6 Å². The van der Waals surface area contributed by atoms with Crippen LogP contribution in [-0.2, 0) is 4.79 Å². The number of hydrogen-bond donors (Lipinski definition) is 0. The number of likely N-dealkylation sites (tertiary alicyclic amines) is 1. The van der Waals surface area contributed by atoms with Crippen LogP contribution in [0.15, 0.2) is 48.7 Å². The van der Waals surface area contributed by atoms with Gasteiger partial charge in [-0.2, -0.15) is 0 Å². The zero-order valence-corrected chi connectivity index (χ0v) is 14.2. The number of para-hydroxylation sites is 1. The highest BCUT2D eigenvalue weighted by Gasteiger charge is 2.30. The first-order valence-corrected chi connectivity index (χ1v) is 8.26. The lowest BCUT2D eigenvalue weighted by Crippen LogP contribution is -2.34. The minimum atomic E-state index is 0.0320. The molecule has 0 spiro atoms. The number of anilines is 1. The summed E-state index contributed by atoms with van der Waals surface area (Å²) >= 11 is 0. The molecule has 1 saturated heterocycles. The topological polar surface area (TPSA) is 45.7 Å². The van der Waals surface area contributed by atoms with Crippen LogP contribution >= 0.6 is 0 Å². The summed E-state index contributed by atoms with van der Waals surface area (Å²) in [6.45, 7) is 0.855. The standard InChI is InChI=1S/C19H23N3O2/c1-21(2)18-13-15(10-11-20-18)17-9-6-12-22(17)19(23)14-24-16-7-4-3-5-8-16/h3-5,7-8,10-11,13,17H,6,9,12,14H2,1-2H3. The lowest BCUT2D eigenvalue weighted by atomic mass is 10.1. The number of carbonyl (C=O) groups is 1. The van der Waals surface area contributed by atoms with Gasteiger partial charge in [0.15, 0.2) is 6.61 Å². The van der Waals surface area contributed by atoms with Gasteiger partial charge in [0.05, 0.1) is 6.04 Å². The Kier molecular flexibility index (Phi) is 4.99. The molecule has 0 bridgehead atoms. The maximum atomic E-state index is 12.6. The molecule has 1 fully saturated rings. The fourth-order valence-corrected chi connectivity index (χ4v) is 3.04. The van der Waals surface area contributed by atoms with E-state index in [1.807, 2.05) is 66.5 Å². The molecule has 5 heteroatoms. The molecule has 126 valence electrons. The van der Waals surface area contributed by atoms with E-state index in [0.29, 0.717) is 0 Å². The molecule has 0 saturated carbocycles. The molecule has 2 heterocycles.